The van der Waals surface area contributed by atoms with Crippen molar-refractivity contribution < 1.29 is 66.7 Å². The van der Waals surface area contributed by atoms with Gasteiger partial charge in [-0.05, 0) is 134 Å². The molecule has 0 unspecified atom stereocenters. The predicted octanol–water partition coefficient (Wildman–Crippen LogP) is 8.18. The van der Waals surface area contributed by atoms with E-state index in [1.165, 1.54) is 54.6 Å². The monoisotopic (exact) mass is 842 g/mol. The van der Waals surface area contributed by atoms with E-state index in [4.69, 9.17) is 37.9 Å². The lowest BCUT2D eigenvalue weighted by Crippen LogP contribution is -2.12. The molecule has 5 rings (SSSR count). The molecule has 5 aromatic rings. The molecule has 14 heteroatoms. The molecule has 0 saturated carbocycles. The second-order valence-corrected chi connectivity index (χ2v) is 13.2. The first kappa shape index (κ1) is 45.1. The van der Waals surface area contributed by atoms with Gasteiger partial charge in [-0.15, -0.1) is 0 Å². The second kappa shape index (κ2) is 22.4. The Balaban J connectivity index is 1.06. The van der Waals surface area contributed by atoms with Crippen molar-refractivity contribution in [3.05, 3.63) is 168 Å². The van der Waals surface area contributed by atoms with Crippen LogP contribution in [0, 0.1) is 13.8 Å². The summed E-state index contributed by atoms with van der Waals surface area (Å²) in [6.45, 7) is 11.0. The quantitative estimate of drug-likeness (QED) is 0.0317. The largest absolute Gasteiger partial charge is 0.493 e. The summed E-state index contributed by atoms with van der Waals surface area (Å²) in [7, 11) is 0. The third-order valence-corrected chi connectivity index (χ3v) is 8.59. The zero-order valence-corrected chi connectivity index (χ0v) is 33.9. The average molecular weight is 843 g/mol. The molecule has 0 bridgehead atoms. The molecule has 14 nitrogen and oxygen atoms in total. The zero-order valence-electron chi connectivity index (χ0n) is 33.9. The van der Waals surface area contributed by atoms with E-state index in [2.05, 4.69) is 13.2 Å². The molecule has 0 aliphatic carbocycles. The van der Waals surface area contributed by atoms with Crippen molar-refractivity contribution in [3.8, 4) is 34.5 Å². The number of ether oxygens (including phenoxy) is 8. The van der Waals surface area contributed by atoms with E-state index in [1.54, 1.807) is 68.4 Å². The molecule has 0 atom stereocenters. The molecule has 0 heterocycles. The lowest BCUT2D eigenvalue weighted by molar-refractivity contribution is -0.138. The fourth-order valence-corrected chi connectivity index (χ4v) is 5.34. The molecule has 318 valence electrons. The van der Waals surface area contributed by atoms with Crippen LogP contribution in [0.3, 0.4) is 0 Å². The minimum atomic E-state index is -0.666. The van der Waals surface area contributed by atoms with Crippen LogP contribution in [0.5, 0.6) is 34.5 Å². The Morgan fingerprint density at radius 1 is 0.419 bits per heavy atom. The number of carbonyl (C=O) groups is 6. The Morgan fingerprint density at radius 3 is 1.21 bits per heavy atom. The molecule has 0 amide bonds. The molecular weight excluding hydrogens is 801 g/mol. The Morgan fingerprint density at radius 2 is 0.774 bits per heavy atom. The molecule has 0 aliphatic rings. The fraction of sp³-hybridized carbons (Fsp3) is 0.167. The van der Waals surface area contributed by atoms with Crippen LogP contribution in [0.15, 0.2) is 135 Å². The molecule has 0 aromatic heterocycles. The first-order chi connectivity index (χ1) is 29.9. The smallest absolute Gasteiger partial charge is 0.343 e. The number of hydrogen-bond donors (Lipinski definition) is 0. The Bertz CT molecular complexity index is 2420. The van der Waals surface area contributed by atoms with Crippen LogP contribution in [-0.2, 0) is 19.1 Å². The summed E-state index contributed by atoms with van der Waals surface area (Å²) in [6.07, 6.45) is 3.14. The van der Waals surface area contributed by atoms with Gasteiger partial charge in [0.15, 0.2) is 0 Å². The van der Waals surface area contributed by atoms with Crippen molar-refractivity contribution in [2.75, 3.05) is 26.4 Å². The van der Waals surface area contributed by atoms with Crippen LogP contribution in [0.4, 0.5) is 0 Å². The molecule has 62 heavy (non-hydrogen) atoms. The highest BCUT2D eigenvalue weighted by Crippen LogP contribution is 2.27. The van der Waals surface area contributed by atoms with Crippen LogP contribution in [-0.4, -0.2) is 62.2 Å². The Kier molecular flexibility index (Phi) is 16.3. The van der Waals surface area contributed by atoms with E-state index >= 15 is 0 Å². The number of rotatable bonds is 20. The van der Waals surface area contributed by atoms with E-state index < -0.39 is 35.8 Å². The van der Waals surface area contributed by atoms with Crippen molar-refractivity contribution in [2.24, 2.45) is 0 Å². The van der Waals surface area contributed by atoms with Gasteiger partial charge in [0.2, 0.25) is 0 Å². The topological polar surface area (TPSA) is 176 Å². The van der Waals surface area contributed by atoms with Gasteiger partial charge in [-0.2, -0.15) is 0 Å². The summed E-state index contributed by atoms with van der Waals surface area (Å²) in [6, 6.07) is 27.6. The average Bonchev–Trinajstić information content (AvgIpc) is 3.28. The van der Waals surface area contributed by atoms with Gasteiger partial charge in [0, 0.05) is 25.0 Å². The standard InChI is InChI=1S/C48H42O14/c1-5-43(49)57-27-7-25-55-37-16-9-33(10-17-37)45(51)59-39-20-13-34(14-21-39)46(52)60-40-22-24-42(32(4)30-40)62-48(54)36-15-23-41(31(3)29-36)61-47(53)35-11-18-38(19-12-35)56-26-8-28-58-44(50)6-2/h5-6,9-24,29-30H,1-2,7-8,25-28H2,3-4H3. The molecular formula is C48H42O14. The highest BCUT2D eigenvalue weighted by atomic mass is 16.6. The fourth-order valence-electron chi connectivity index (χ4n) is 5.34. The highest BCUT2D eigenvalue weighted by molar-refractivity contribution is 5.94. The minimum Gasteiger partial charge on any atom is -0.493 e. The predicted molar refractivity (Wildman–Crippen MR) is 224 cm³/mol. The second-order valence-electron chi connectivity index (χ2n) is 13.2. The summed E-state index contributed by atoms with van der Waals surface area (Å²) < 4.78 is 43.1. The van der Waals surface area contributed by atoms with Crippen LogP contribution < -0.4 is 28.4 Å². The van der Waals surface area contributed by atoms with E-state index in [0.717, 1.165) is 12.2 Å². The van der Waals surface area contributed by atoms with Crippen molar-refractivity contribution in [2.45, 2.75) is 26.7 Å². The third kappa shape index (κ3) is 13.5. The van der Waals surface area contributed by atoms with Gasteiger partial charge >= 0.3 is 35.8 Å². The van der Waals surface area contributed by atoms with Gasteiger partial charge in [0.05, 0.1) is 48.7 Å². The van der Waals surface area contributed by atoms with Gasteiger partial charge in [-0.25, -0.2) is 28.8 Å². The molecule has 0 fully saturated rings. The number of aryl methyl sites for hydroxylation is 2. The number of hydrogen-bond acceptors (Lipinski definition) is 14. The minimum absolute atomic E-state index is 0.195. The van der Waals surface area contributed by atoms with E-state index in [1.807, 2.05) is 0 Å². The Hall–Kier alpha value is -8.00. The SMILES string of the molecule is C=CC(=O)OCCCOc1ccc(C(=O)Oc2ccc(C(=O)Oc3ccc(OC(=O)c4ccc(OC(=O)c5ccc(OCCCOC(=O)C=C)cc5)c(C)c4)c(C)c3)cc2)cc1. The molecule has 0 N–H and O–H groups in total. The maximum atomic E-state index is 13.1. The normalized spacial score (nSPS) is 10.4. The van der Waals surface area contributed by atoms with Crippen LogP contribution in [0.25, 0.3) is 0 Å². The van der Waals surface area contributed by atoms with Gasteiger partial charge < -0.3 is 37.9 Å². The van der Waals surface area contributed by atoms with Crippen molar-refractivity contribution in [3.63, 3.8) is 0 Å². The lowest BCUT2D eigenvalue weighted by atomic mass is 10.1. The summed E-state index contributed by atoms with van der Waals surface area (Å²) in [4.78, 5) is 73.7. The first-order valence-electron chi connectivity index (χ1n) is 19.2. The molecule has 0 spiro atoms. The summed E-state index contributed by atoms with van der Waals surface area (Å²) >= 11 is 0. The maximum absolute atomic E-state index is 13.1. The summed E-state index contributed by atoms with van der Waals surface area (Å²) in [5.74, 6) is -1.57. The van der Waals surface area contributed by atoms with Crippen LogP contribution >= 0.6 is 0 Å². The maximum Gasteiger partial charge on any atom is 0.343 e. The lowest BCUT2D eigenvalue weighted by Gasteiger charge is -2.12. The summed E-state index contributed by atoms with van der Waals surface area (Å²) in [5, 5.41) is 0. The third-order valence-electron chi connectivity index (χ3n) is 8.59. The van der Waals surface area contributed by atoms with Crippen molar-refractivity contribution in [1.29, 1.82) is 0 Å². The summed E-state index contributed by atoms with van der Waals surface area (Å²) in [5.41, 5.74) is 2.02. The van der Waals surface area contributed by atoms with E-state index in [-0.39, 0.29) is 58.5 Å². The molecule has 0 radical (unpaired) electrons. The van der Waals surface area contributed by atoms with Gasteiger partial charge in [0.25, 0.3) is 0 Å². The Labute approximate surface area is 357 Å². The van der Waals surface area contributed by atoms with Crippen LogP contribution in [0.1, 0.15) is 65.4 Å². The highest BCUT2D eigenvalue weighted by Gasteiger charge is 2.17. The van der Waals surface area contributed by atoms with Crippen LogP contribution in [0.2, 0.25) is 0 Å². The van der Waals surface area contributed by atoms with E-state index in [0.29, 0.717) is 48.7 Å². The number of esters is 6. The van der Waals surface area contributed by atoms with Crippen molar-refractivity contribution in [1.82, 2.24) is 0 Å². The number of benzene rings is 5. The van der Waals surface area contributed by atoms with Gasteiger partial charge in [-0.1, -0.05) is 13.2 Å². The number of carbonyl (C=O) groups excluding carboxylic acids is 6. The first-order valence-corrected chi connectivity index (χ1v) is 19.2. The van der Waals surface area contributed by atoms with E-state index in [9.17, 15) is 28.8 Å². The van der Waals surface area contributed by atoms with Crippen molar-refractivity contribution >= 4 is 35.8 Å². The molecule has 0 saturated heterocycles. The molecule has 5 aromatic carbocycles. The zero-order chi connectivity index (χ0) is 44.4. The molecule has 0 aliphatic heterocycles. The van der Waals surface area contributed by atoms with Gasteiger partial charge in [-0.3, -0.25) is 0 Å². The van der Waals surface area contributed by atoms with Gasteiger partial charge in [0.1, 0.15) is 34.5 Å².